The average Bonchev–Trinajstić information content (AvgIpc) is 2.55. The first kappa shape index (κ1) is 15.8. The number of nitrogens with one attached hydrogen (secondary N) is 2. The van der Waals surface area contributed by atoms with Gasteiger partial charge in [-0.1, -0.05) is 25.1 Å². The highest BCUT2D eigenvalue weighted by Gasteiger charge is 2.04. The third-order valence-corrected chi connectivity index (χ3v) is 2.95. The van der Waals surface area contributed by atoms with Gasteiger partial charge in [0.25, 0.3) is 0 Å². The summed E-state index contributed by atoms with van der Waals surface area (Å²) < 4.78 is 5.49. The molecule has 0 radical (unpaired) electrons. The minimum atomic E-state index is -0.113. The Labute approximate surface area is 130 Å². The first-order chi connectivity index (χ1) is 10.8. The molecule has 2 N–H and O–H groups in total. The fourth-order valence-corrected chi connectivity index (χ4v) is 1.83. The van der Waals surface area contributed by atoms with E-state index in [1.165, 1.54) is 0 Å². The van der Waals surface area contributed by atoms with Gasteiger partial charge in [0.15, 0.2) is 0 Å². The van der Waals surface area contributed by atoms with E-state index in [1.54, 1.807) is 12.3 Å². The molecule has 1 aromatic carbocycles. The van der Waals surface area contributed by atoms with Gasteiger partial charge in [0.2, 0.25) is 5.91 Å². The molecular formula is C17H21N3O2. The number of carbonyl (C=O) groups excluding carboxylic acids is 1. The Hall–Kier alpha value is -2.56. The lowest BCUT2D eigenvalue weighted by Crippen LogP contribution is -2.16. The Morgan fingerprint density at radius 1 is 1.18 bits per heavy atom. The molecule has 22 heavy (non-hydrogen) atoms. The van der Waals surface area contributed by atoms with Gasteiger partial charge in [-0.25, -0.2) is 4.98 Å². The molecule has 0 aliphatic carbocycles. The quantitative estimate of drug-likeness (QED) is 0.785. The second-order valence-electron chi connectivity index (χ2n) is 4.82. The largest absolute Gasteiger partial charge is 0.493 e. The van der Waals surface area contributed by atoms with Gasteiger partial charge in [-0.05, 0) is 30.7 Å². The highest BCUT2D eigenvalue weighted by atomic mass is 16.5. The number of hydrogen-bond donors (Lipinski definition) is 2. The topological polar surface area (TPSA) is 63.2 Å². The monoisotopic (exact) mass is 299 g/mol. The SMILES string of the molecule is CCCNc1ccc(NC(=O)CCOc2ccccc2)nc1. The van der Waals surface area contributed by atoms with Gasteiger partial charge in [0, 0.05) is 6.54 Å². The number of pyridine rings is 1. The van der Waals surface area contributed by atoms with Crippen LogP contribution < -0.4 is 15.4 Å². The van der Waals surface area contributed by atoms with E-state index >= 15 is 0 Å². The Bertz CT molecular complexity index is 570. The third-order valence-electron chi connectivity index (χ3n) is 2.95. The molecule has 0 spiro atoms. The van der Waals surface area contributed by atoms with Crippen molar-refractivity contribution < 1.29 is 9.53 Å². The fraction of sp³-hybridized carbons (Fsp3) is 0.294. The van der Waals surface area contributed by atoms with Crippen molar-refractivity contribution in [2.45, 2.75) is 19.8 Å². The molecule has 0 saturated heterocycles. The first-order valence-corrected chi connectivity index (χ1v) is 7.45. The van der Waals surface area contributed by atoms with Gasteiger partial charge in [0.1, 0.15) is 11.6 Å². The highest BCUT2D eigenvalue weighted by Crippen LogP contribution is 2.11. The molecule has 5 nitrogen and oxygen atoms in total. The number of nitrogens with zero attached hydrogens (tertiary/aromatic N) is 1. The van der Waals surface area contributed by atoms with E-state index in [-0.39, 0.29) is 12.3 Å². The van der Waals surface area contributed by atoms with Crippen LogP contribution in [0.1, 0.15) is 19.8 Å². The van der Waals surface area contributed by atoms with Crippen LogP contribution in [0.3, 0.4) is 0 Å². The van der Waals surface area contributed by atoms with Crippen LogP contribution in [-0.4, -0.2) is 24.0 Å². The first-order valence-electron chi connectivity index (χ1n) is 7.45. The zero-order valence-electron chi connectivity index (χ0n) is 12.7. The number of rotatable bonds is 8. The Balaban J connectivity index is 1.72. The molecule has 1 aromatic heterocycles. The fourth-order valence-electron chi connectivity index (χ4n) is 1.83. The number of anilines is 2. The molecule has 0 unspecified atom stereocenters. The number of hydrogen-bond acceptors (Lipinski definition) is 4. The summed E-state index contributed by atoms with van der Waals surface area (Å²) in [6.07, 6.45) is 3.05. The minimum absolute atomic E-state index is 0.113. The molecule has 1 amide bonds. The van der Waals surface area contributed by atoms with Crippen molar-refractivity contribution in [3.63, 3.8) is 0 Å². The number of benzene rings is 1. The molecular weight excluding hydrogens is 278 g/mol. The van der Waals surface area contributed by atoms with Crippen molar-refractivity contribution in [2.24, 2.45) is 0 Å². The van der Waals surface area contributed by atoms with E-state index in [4.69, 9.17) is 4.74 Å². The van der Waals surface area contributed by atoms with Gasteiger partial charge in [-0.15, -0.1) is 0 Å². The van der Waals surface area contributed by atoms with Crippen molar-refractivity contribution >= 4 is 17.4 Å². The average molecular weight is 299 g/mol. The van der Waals surface area contributed by atoms with Crippen LogP contribution in [0.15, 0.2) is 48.7 Å². The minimum Gasteiger partial charge on any atom is -0.493 e. The standard InChI is InChI=1S/C17H21N3O2/c1-2-11-18-14-8-9-16(19-13-14)20-17(21)10-12-22-15-6-4-3-5-7-15/h3-9,13,18H,2,10-12H2,1H3,(H,19,20,21). The highest BCUT2D eigenvalue weighted by molar-refractivity contribution is 5.89. The lowest BCUT2D eigenvalue weighted by Gasteiger charge is -2.08. The smallest absolute Gasteiger partial charge is 0.228 e. The molecule has 0 aliphatic rings. The summed E-state index contributed by atoms with van der Waals surface area (Å²) in [4.78, 5) is 16.0. The molecule has 116 valence electrons. The molecule has 2 aromatic rings. The molecule has 1 heterocycles. The molecule has 0 atom stereocenters. The predicted octanol–water partition coefficient (Wildman–Crippen LogP) is 3.31. The lowest BCUT2D eigenvalue weighted by atomic mass is 10.3. The summed E-state index contributed by atoms with van der Waals surface area (Å²) >= 11 is 0. The summed E-state index contributed by atoms with van der Waals surface area (Å²) in [5.74, 6) is 1.20. The van der Waals surface area contributed by atoms with Crippen LogP contribution in [0.2, 0.25) is 0 Å². The summed E-state index contributed by atoms with van der Waals surface area (Å²) in [5, 5.41) is 5.99. The van der Waals surface area contributed by atoms with Gasteiger partial charge < -0.3 is 15.4 Å². The number of carbonyl (C=O) groups is 1. The number of aromatic nitrogens is 1. The van der Waals surface area contributed by atoms with Crippen molar-refractivity contribution in [2.75, 3.05) is 23.8 Å². The van der Waals surface area contributed by atoms with Crippen molar-refractivity contribution in [1.29, 1.82) is 0 Å². The van der Waals surface area contributed by atoms with Gasteiger partial charge in [0.05, 0.1) is 24.9 Å². The maximum absolute atomic E-state index is 11.8. The molecule has 0 bridgehead atoms. The Kier molecular flexibility index (Phi) is 6.23. The van der Waals surface area contributed by atoms with E-state index in [9.17, 15) is 4.79 Å². The van der Waals surface area contributed by atoms with E-state index in [1.807, 2.05) is 36.4 Å². The van der Waals surface area contributed by atoms with Gasteiger partial charge in [-0.2, -0.15) is 0 Å². The molecule has 5 heteroatoms. The summed E-state index contributed by atoms with van der Waals surface area (Å²) in [6, 6.07) is 13.1. The van der Waals surface area contributed by atoms with Crippen LogP contribution >= 0.6 is 0 Å². The Morgan fingerprint density at radius 2 is 2.00 bits per heavy atom. The van der Waals surface area contributed by atoms with Crippen molar-refractivity contribution in [1.82, 2.24) is 4.98 Å². The van der Waals surface area contributed by atoms with Crippen LogP contribution in [-0.2, 0) is 4.79 Å². The predicted molar refractivity (Wildman–Crippen MR) is 88.2 cm³/mol. The lowest BCUT2D eigenvalue weighted by molar-refractivity contribution is -0.116. The van der Waals surface area contributed by atoms with Crippen LogP contribution in [0.25, 0.3) is 0 Å². The van der Waals surface area contributed by atoms with Crippen LogP contribution in [0.5, 0.6) is 5.75 Å². The zero-order chi connectivity index (χ0) is 15.6. The van der Waals surface area contributed by atoms with E-state index in [0.717, 1.165) is 24.4 Å². The number of amides is 1. The zero-order valence-corrected chi connectivity index (χ0v) is 12.7. The molecule has 2 rings (SSSR count). The number of ether oxygens (including phenoxy) is 1. The Morgan fingerprint density at radius 3 is 2.68 bits per heavy atom. The van der Waals surface area contributed by atoms with E-state index in [0.29, 0.717) is 12.4 Å². The van der Waals surface area contributed by atoms with Gasteiger partial charge in [-0.3, -0.25) is 4.79 Å². The van der Waals surface area contributed by atoms with E-state index < -0.39 is 0 Å². The number of para-hydroxylation sites is 1. The van der Waals surface area contributed by atoms with Crippen molar-refractivity contribution in [3.8, 4) is 5.75 Å². The van der Waals surface area contributed by atoms with E-state index in [2.05, 4.69) is 22.5 Å². The third kappa shape index (κ3) is 5.44. The maximum atomic E-state index is 11.8. The summed E-state index contributed by atoms with van der Waals surface area (Å²) in [5.41, 5.74) is 0.951. The summed E-state index contributed by atoms with van der Waals surface area (Å²) in [7, 11) is 0. The molecule has 0 aliphatic heterocycles. The second kappa shape index (κ2) is 8.67. The van der Waals surface area contributed by atoms with Crippen LogP contribution in [0, 0.1) is 0 Å². The normalized spacial score (nSPS) is 10.0. The van der Waals surface area contributed by atoms with Crippen LogP contribution in [0.4, 0.5) is 11.5 Å². The molecule has 0 fully saturated rings. The molecule has 0 saturated carbocycles. The second-order valence-corrected chi connectivity index (χ2v) is 4.82. The maximum Gasteiger partial charge on any atom is 0.228 e. The summed E-state index contributed by atoms with van der Waals surface area (Å²) in [6.45, 7) is 3.35. The van der Waals surface area contributed by atoms with Crippen molar-refractivity contribution in [3.05, 3.63) is 48.7 Å². The van der Waals surface area contributed by atoms with Gasteiger partial charge >= 0.3 is 0 Å².